The van der Waals surface area contributed by atoms with E-state index in [1.165, 1.54) is 23.4 Å². The molecule has 2 aromatic heterocycles. The molecule has 1 saturated heterocycles. The van der Waals surface area contributed by atoms with Crippen molar-refractivity contribution < 1.29 is 4.79 Å². The number of hydrogen-bond acceptors (Lipinski definition) is 4. The Labute approximate surface area is 139 Å². The molecule has 1 aromatic carbocycles. The fraction of sp³-hybridized carbons (Fsp3) is 0.353. The van der Waals surface area contributed by atoms with Gasteiger partial charge in [-0.05, 0) is 37.1 Å². The minimum absolute atomic E-state index is 0.211. The molecule has 7 heteroatoms. The van der Waals surface area contributed by atoms with Gasteiger partial charge in [0.25, 0.3) is 0 Å². The van der Waals surface area contributed by atoms with E-state index in [1.54, 1.807) is 14.1 Å². The summed E-state index contributed by atoms with van der Waals surface area (Å²) in [6.45, 7) is 2.25. The van der Waals surface area contributed by atoms with Crippen molar-refractivity contribution in [3.63, 3.8) is 0 Å². The standard InChI is InChI=1S/C14H14N4O.C3H7NO/c19-14-16-12-8-9-7-10(18-5-1-2-6-18)3-4-11(9)15-13(12)17-14;1-4(2)3-5/h3-4,7-8H,1-2,5-6H2,(H2,15,16,17,19);3H,1-2H3. The highest BCUT2D eigenvalue weighted by molar-refractivity contribution is 5.91. The molecule has 4 rings (SSSR count). The molecular formula is C17H21N5O2. The molecule has 0 radical (unpaired) electrons. The Bertz CT molecular complexity index is 906. The first-order valence-electron chi connectivity index (χ1n) is 7.96. The maximum absolute atomic E-state index is 11.3. The summed E-state index contributed by atoms with van der Waals surface area (Å²) >= 11 is 0. The number of nitrogens with one attached hydrogen (secondary N) is 2. The summed E-state index contributed by atoms with van der Waals surface area (Å²) in [5.74, 6) is 0. The van der Waals surface area contributed by atoms with Crippen LogP contribution in [0.4, 0.5) is 5.69 Å². The molecule has 0 saturated carbocycles. The normalized spacial score (nSPS) is 13.8. The fourth-order valence-electron chi connectivity index (χ4n) is 2.79. The van der Waals surface area contributed by atoms with Crippen LogP contribution in [0.3, 0.4) is 0 Å². The van der Waals surface area contributed by atoms with Crippen molar-refractivity contribution in [2.45, 2.75) is 12.8 Å². The molecule has 3 heterocycles. The summed E-state index contributed by atoms with van der Waals surface area (Å²) in [5, 5.41) is 1.06. The highest BCUT2D eigenvalue weighted by Gasteiger charge is 2.13. The third-order valence-electron chi connectivity index (χ3n) is 3.96. The second kappa shape index (κ2) is 6.74. The van der Waals surface area contributed by atoms with E-state index in [1.807, 2.05) is 12.1 Å². The second-order valence-electron chi connectivity index (χ2n) is 6.10. The second-order valence-corrected chi connectivity index (χ2v) is 6.10. The molecule has 126 valence electrons. The molecule has 0 atom stereocenters. The Morgan fingerprint density at radius 2 is 1.88 bits per heavy atom. The zero-order valence-electron chi connectivity index (χ0n) is 13.9. The van der Waals surface area contributed by atoms with E-state index in [-0.39, 0.29) is 5.69 Å². The molecular weight excluding hydrogens is 306 g/mol. The van der Waals surface area contributed by atoms with Gasteiger partial charge in [-0.25, -0.2) is 9.78 Å². The van der Waals surface area contributed by atoms with Gasteiger partial charge in [-0.2, -0.15) is 0 Å². The molecule has 0 spiro atoms. The van der Waals surface area contributed by atoms with Gasteiger partial charge < -0.3 is 14.8 Å². The highest BCUT2D eigenvalue weighted by Crippen LogP contribution is 2.25. The SMILES string of the molecule is CN(C)C=O.O=c1[nH]c2cc3cc(N4CCCC4)ccc3nc2[nH]1. The number of rotatable bonds is 2. The van der Waals surface area contributed by atoms with E-state index in [2.05, 4.69) is 32.0 Å². The minimum atomic E-state index is -0.211. The quantitative estimate of drug-likeness (QED) is 0.702. The summed E-state index contributed by atoms with van der Waals surface area (Å²) in [7, 11) is 3.38. The summed E-state index contributed by atoms with van der Waals surface area (Å²) < 4.78 is 0. The van der Waals surface area contributed by atoms with Crippen LogP contribution < -0.4 is 10.6 Å². The molecule has 1 fully saturated rings. The number of aromatic nitrogens is 3. The Kier molecular flexibility index (Phi) is 4.50. The van der Waals surface area contributed by atoms with Crippen LogP contribution in [0.25, 0.3) is 22.1 Å². The number of H-pyrrole nitrogens is 2. The van der Waals surface area contributed by atoms with Gasteiger partial charge in [0, 0.05) is 38.3 Å². The molecule has 2 N–H and O–H groups in total. The lowest BCUT2D eigenvalue weighted by molar-refractivity contribution is -0.115. The third-order valence-corrected chi connectivity index (χ3v) is 3.96. The maximum Gasteiger partial charge on any atom is 0.325 e. The van der Waals surface area contributed by atoms with Crippen LogP contribution >= 0.6 is 0 Å². The number of benzene rings is 1. The van der Waals surface area contributed by atoms with Crippen molar-refractivity contribution in [1.29, 1.82) is 0 Å². The van der Waals surface area contributed by atoms with Crippen LogP contribution in [0.15, 0.2) is 29.1 Å². The first-order valence-corrected chi connectivity index (χ1v) is 7.96. The maximum atomic E-state index is 11.3. The number of imidazole rings is 1. The average Bonchev–Trinajstić information content (AvgIpc) is 3.21. The van der Waals surface area contributed by atoms with E-state index in [9.17, 15) is 9.59 Å². The minimum Gasteiger partial charge on any atom is -0.372 e. The highest BCUT2D eigenvalue weighted by atomic mass is 16.1. The van der Waals surface area contributed by atoms with Crippen LogP contribution in [-0.4, -0.2) is 53.4 Å². The first kappa shape index (κ1) is 16.0. The smallest absolute Gasteiger partial charge is 0.325 e. The monoisotopic (exact) mass is 327 g/mol. The van der Waals surface area contributed by atoms with Crippen LogP contribution in [0.2, 0.25) is 0 Å². The van der Waals surface area contributed by atoms with E-state index >= 15 is 0 Å². The number of aromatic amines is 2. The molecule has 0 unspecified atom stereocenters. The van der Waals surface area contributed by atoms with Gasteiger partial charge in [-0.1, -0.05) is 0 Å². The zero-order valence-corrected chi connectivity index (χ0v) is 13.9. The lowest BCUT2D eigenvalue weighted by atomic mass is 10.2. The topological polar surface area (TPSA) is 85.1 Å². The molecule has 0 aliphatic carbocycles. The Hall–Kier alpha value is -2.83. The molecule has 0 bridgehead atoms. The van der Waals surface area contributed by atoms with Crippen molar-refractivity contribution >= 4 is 34.2 Å². The lowest BCUT2D eigenvalue weighted by Gasteiger charge is -2.17. The van der Waals surface area contributed by atoms with Gasteiger partial charge in [-0.15, -0.1) is 0 Å². The van der Waals surface area contributed by atoms with Gasteiger partial charge in [0.2, 0.25) is 6.41 Å². The number of hydrogen-bond donors (Lipinski definition) is 2. The Morgan fingerprint density at radius 3 is 2.54 bits per heavy atom. The van der Waals surface area contributed by atoms with Crippen molar-refractivity contribution in [2.24, 2.45) is 0 Å². The Morgan fingerprint density at radius 1 is 1.17 bits per heavy atom. The van der Waals surface area contributed by atoms with Crippen LogP contribution in [-0.2, 0) is 4.79 Å². The predicted octanol–water partition coefficient (Wildman–Crippen LogP) is 1.71. The van der Waals surface area contributed by atoms with Crippen LogP contribution in [0.5, 0.6) is 0 Å². The van der Waals surface area contributed by atoms with E-state index < -0.39 is 0 Å². The summed E-state index contributed by atoms with van der Waals surface area (Å²) in [6, 6.07) is 8.26. The molecule has 7 nitrogen and oxygen atoms in total. The predicted molar refractivity (Wildman–Crippen MR) is 95.4 cm³/mol. The van der Waals surface area contributed by atoms with Crippen molar-refractivity contribution in [3.05, 3.63) is 34.7 Å². The van der Waals surface area contributed by atoms with Crippen LogP contribution in [0.1, 0.15) is 12.8 Å². The van der Waals surface area contributed by atoms with Gasteiger partial charge in [-0.3, -0.25) is 9.78 Å². The van der Waals surface area contributed by atoms with Crippen molar-refractivity contribution in [3.8, 4) is 0 Å². The lowest BCUT2D eigenvalue weighted by Crippen LogP contribution is -2.17. The number of nitrogens with zero attached hydrogens (tertiary/aromatic N) is 3. The number of carbonyl (C=O) groups excluding carboxylic acids is 1. The molecule has 1 aliphatic heterocycles. The molecule has 1 aliphatic rings. The number of pyridine rings is 1. The molecule has 3 aromatic rings. The van der Waals surface area contributed by atoms with Gasteiger partial charge >= 0.3 is 5.69 Å². The fourth-order valence-corrected chi connectivity index (χ4v) is 2.79. The number of fused-ring (bicyclic) bond motifs is 2. The summed E-state index contributed by atoms with van der Waals surface area (Å²) in [6.07, 6.45) is 3.28. The van der Waals surface area contributed by atoms with Gasteiger partial charge in [0.15, 0.2) is 5.65 Å². The van der Waals surface area contributed by atoms with Gasteiger partial charge in [0.05, 0.1) is 11.0 Å². The van der Waals surface area contributed by atoms with E-state index in [4.69, 9.17) is 0 Å². The molecule has 1 amide bonds. The number of anilines is 1. The van der Waals surface area contributed by atoms with E-state index in [0.29, 0.717) is 5.65 Å². The summed E-state index contributed by atoms with van der Waals surface area (Å²) in [5.41, 5.74) is 3.31. The summed E-state index contributed by atoms with van der Waals surface area (Å²) in [4.78, 5) is 34.5. The average molecular weight is 327 g/mol. The van der Waals surface area contributed by atoms with E-state index in [0.717, 1.165) is 35.9 Å². The number of amides is 1. The Balaban J connectivity index is 0.000000300. The van der Waals surface area contributed by atoms with Crippen molar-refractivity contribution in [2.75, 3.05) is 32.1 Å². The van der Waals surface area contributed by atoms with Gasteiger partial charge in [0.1, 0.15) is 0 Å². The number of carbonyl (C=O) groups is 1. The van der Waals surface area contributed by atoms with Crippen LogP contribution in [0, 0.1) is 0 Å². The zero-order chi connectivity index (χ0) is 17.1. The first-order chi connectivity index (χ1) is 11.6. The third kappa shape index (κ3) is 3.40. The molecule has 24 heavy (non-hydrogen) atoms. The van der Waals surface area contributed by atoms with Crippen molar-refractivity contribution in [1.82, 2.24) is 19.9 Å². The largest absolute Gasteiger partial charge is 0.372 e.